The Morgan fingerprint density at radius 3 is 1.16 bits per heavy atom. The van der Waals surface area contributed by atoms with E-state index in [2.05, 4.69) is 138 Å². The van der Waals surface area contributed by atoms with Crippen molar-refractivity contribution in [2.45, 2.75) is 94.2 Å². The molecule has 0 amide bonds. The number of para-hydroxylation sites is 2. The summed E-state index contributed by atoms with van der Waals surface area (Å²) >= 11 is 0. The standard InChI is InChI=1S/C26H46N4Si/c1-23(2,3)19-27-21-15-13-14-16-22(21)28(20-24(4,5)6)31(27)29(25(7,8)9)17-18-30(31)26(10,11)12/h13-18H,19-20H2,1-12H3. The largest absolute Gasteiger partial charge is 0.503 e. The lowest BCUT2D eigenvalue weighted by atomic mass is 9.96. The lowest BCUT2D eigenvalue weighted by Gasteiger charge is -2.58. The van der Waals surface area contributed by atoms with Crippen LogP contribution in [-0.4, -0.2) is 42.0 Å². The zero-order valence-electron chi connectivity index (χ0n) is 22.2. The second-order valence-corrected chi connectivity index (χ2v) is 17.0. The summed E-state index contributed by atoms with van der Waals surface area (Å²) in [6.07, 6.45) is 4.77. The summed E-state index contributed by atoms with van der Waals surface area (Å²) in [5.41, 5.74) is 3.16. The van der Waals surface area contributed by atoms with E-state index in [4.69, 9.17) is 0 Å². The van der Waals surface area contributed by atoms with Crippen LogP contribution in [0.2, 0.25) is 0 Å². The van der Waals surface area contributed by atoms with Crippen molar-refractivity contribution in [3.05, 3.63) is 36.7 Å². The Labute approximate surface area is 193 Å². The first-order chi connectivity index (χ1) is 13.9. The molecule has 3 rings (SSSR count). The average molecular weight is 443 g/mol. The lowest BCUT2D eigenvalue weighted by Crippen LogP contribution is -2.83. The van der Waals surface area contributed by atoms with Crippen LogP contribution in [0.1, 0.15) is 83.1 Å². The third kappa shape index (κ3) is 4.22. The van der Waals surface area contributed by atoms with E-state index in [-0.39, 0.29) is 21.9 Å². The predicted octanol–water partition coefficient (Wildman–Crippen LogP) is 6.53. The number of hydrogen-bond donors (Lipinski definition) is 0. The molecule has 31 heavy (non-hydrogen) atoms. The molecule has 0 unspecified atom stereocenters. The van der Waals surface area contributed by atoms with Gasteiger partial charge in [0.2, 0.25) is 0 Å². The van der Waals surface area contributed by atoms with Gasteiger partial charge in [0.15, 0.2) is 0 Å². The molecule has 4 nitrogen and oxygen atoms in total. The highest BCUT2D eigenvalue weighted by molar-refractivity contribution is 6.85. The Bertz CT molecular complexity index is 764. The Morgan fingerprint density at radius 2 is 0.903 bits per heavy atom. The molecule has 2 aliphatic heterocycles. The number of nitrogens with zero attached hydrogens (tertiary/aromatic N) is 4. The van der Waals surface area contributed by atoms with Gasteiger partial charge in [-0.05, 0) is 64.5 Å². The van der Waals surface area contributed by atoms with Gasteiger partial charge in [-0.3, -0.25) is 0 Å². The van der Waals surface area contributed by atoms with Crippen LogP contribution in [0.3, 0.4) is 0 Å². The zero-order chi connectivity index (χ0) is 23.6. The van der Waals surface area contributed by atoms with Gasteiger partial charge in [0.05, 0.1) is 11.4 Å². The van der Waals surface area contributed by atoms with Crippen LogP contribution >= 0.6 is 0 Å². The van der Waals surface area contributed by atoms with Crippen LogP contribution in [0.4, 0.5) is 11.4 Å². The molecule has 0 atom stereocenters. The molecule has 0 aliphatic carbocycles. The van der Waals surface area contributed by atoms with Crippen molar-refractivity contribution in [1.82, 2.24) is 9.13 Å². The molecular weight excluding hydrogens is 396 g/mol. The van der Waals surface area contributed by atoms with Gasteiger partial charge in [-0.1, -0.05) is 53.7 Å². The van der Waals surface area contributed by atoms with Gasteiger partial charge in [-0.15, -0.1) is 0 Å². The maximum atomic E-state index is 2.81. The van der Waals surface area contributed by atoms with Crippen LogP contribution in [0.15, 0.2) is 36.7 Å². The molecule has 2 aliphatic rings. The molecular formula is C26H46N4Si. The summed E-state index contributed by atoms with van der Waals surface area (Å²) in [5, 5.41) is 0. The van der Waals surface area contributed by atoms with Crippen molar-refractivity contribution >= 4 is 20.1 Å². The summed E-state index contributed by atoms with van der Waals surface area (Å²) in [6, 6.07) is 9.11. The number of fused-ring (bicyclic) bond motifs is 1. The minimum atomic E-state index is -2.56. The van der Waals surface area contributed by atoms with Gasteiger partial charge in [-0.2, -0.15) is 0 Å². The summed E-state index contributed by atoms with van der Waals surface area (Å²) in [4.78, 5) is 0. The average Bonchev–Trinajstić information content (AvgIpc) is 3.06. The van der Waals surface area contributed by atoms with Crippen molar-refractivity contribution in [3.8, 4) is 0 Å². The Hall–Kier alpha value is -1.62. The van der Waals surface area contributed by atoms with E-state index < -0.39 is 8.72 Å². The van der Waals surface area contributed by atoms with Crippen molar-refractivity contribution < 1.29 is 0 Å². The highest BCUT2D eigenvalue weighted by Crippen LogP contribution is 2.52. The maximum Gasteiger partial charge on any atom is 0.503 e. The monoisotopic (exact) mass is 442 g/mol. The minimum Gasteiger partial charge on any atom is -0.347 e. The maximum absolute atomic E-state index is 2.81. The van der Waals surface area contributed by atoms with E-state index in [1.807, 2.05) is 0 Å². The minimum absolute atomic E-state index is 0.0109. The molecule has 2 heterocycles. The van der Waals surface area contributed by atoms with Crippen molar-refractivity contribution in [2.24, 2.45) is 10.8 Å². The summed E-state index contributed by atoms with van der Waals surface area (Å²) in [6.45, 7) is 30.5. The summed E-state index contributed by atoms with van der Waals surface area (Å²) in [7, 11) is -2.56. The van der Waals surface area contributed by atoms with E-state index >= 15 is 0 Å². The molecule has 174 valence electrons. The van der Waals surface area contributed by atoms with Crippen molar-refractivity contribution in [2.75, 3.05) is 22.2 Å². The van der Waals surface area contributed by atoms with Crippen LogP contribution in [0.25, 0.3) is 0 Å². The Balaban J connectivity index is 2.37. The first kappa shape index (κ1) is 24.0. The third-order valence-corrected chi connectivity index (χ3v) is 11.1. The topological polar surface area (TPSA) is 13.0 Å². The summed E-state index contributed by atoms with van der Waals surface area (Å²) in [5.74, 6) is 0. The van der Waals surface area contributed by atoms with Gasteiger partial charge >= 0.3 is 8.72 Å². The Kier molecular flexibility index (Phi) is 5.58. The fourth-order valence-electron chi connectivity index (χ4n) is 5.04. The van der Waals surface area contributed by atoms with E-state index in [0.29, 0.717) is 0 Å². The highest BCUT2D eigenvalue weighted by atomic mass is 28.4. The van der Waals surface area contributed by atoms with Crippen LogP contribution in [0, 0.1) is 10.8 Å². The molecule has 0 radical (unpaired) electrons. The van der Waals surface area contributed by atoms with Gasteiger partial charge in [0.25, 0.3) is 0 Å². The van der Waals surface area contributed by atoms with Crippen LogP contribution < -0.4 is 9.13 Å². The number of benzene rings is 1. The molecule has 0 fully saturated rings. The SMILES string of the molecule is CC(C)(C)CN1c2ccccc2N(CC(C)(C)C)[Si]12N(C(C)(C)C)C=CN2C(C)(C)C. The normalized spacial score (nSPS) is 19.1. The molecule has 1 spiro atoms. The van der Waals surface area contributed by atoms with Crippen LogP contribution in [0.5, 0.6) is 0 Å². The summed E-state index contributed by atoms with van der Waals surface area (Å²) < 4.78 is 11.1. The second kappa shape index (κ2) is 7.19. The van der Waals surface area contributed by atoms with E-state index in [0.717, 1.165) is 13.1 Å². The molecule has 0 saturated heterocycles. The molecule has 0 bridgehead atoms. The van der Waals surface area contributed by atoms with E-state index in [9.17, 15) is 0 Å². The molecule has 0 N–H and O–H groups in total. The molecule has 1 aromatic rings. The molecule has 5 heteroatoms. The van der Waals surface area contributed by atoms with Crippen molar-refractivity contribution in [1.29, 1.82) is 0 Å². The van der Waals surface area contributed by atoms with E-state index in [1.165, 1.54) is 11.4 Å². The fraction of sp³-hybridized carbons (Fsp3) is 0.692. The fourth-order valence-corrected chi connectivity index (χ4v) is 11.3. The van der Waals surface area contributed by atoms with Gasteiger partial charge in [-0.25, -0.2) is 0 Å². The number of hydrogen-bond acceptors (Lipinski definition) is 4. The first-order valence-corrected chi connectivity index (χ1v) is 13.6. The quantitative estimate of drug-likeness (QED) is 0.483. The number of rotatable bonds is 2. The lowest BCUT2D eigenvalue weighted by molar-refractivity contribution is 0.250. The number of anilines is 2. The molecule has 0 aromatic heterocycles. The highest BCUT2D eigenvalue weighted by Gasteiger charge is 2.68. The zero-order valence-corrected chi connectivity index (χ0v) is 23.2. The van der Waals surface area contributed by atoms with Gasteiger partial charge in [0.1, 0.15) is 0 Å². The van der Waals surface area contributed by atoms with Gasteiger partial charge < -0.3 is 18.3 Å². The van der Waals surface area contributed by atoms with Gasteiger partial charge in [0, 0.05) is 36.6 Å². The third-order valence-electron chi connectivity index (χ3n) is 5.91. The first-order valence-electron chi connectivity index (χ1n) is 11.8. The van der Waals surface area contributed by atoms with Crippen molar-refractivity contribution in [3.63, 3.8) is 0 Å². The second-order valence-electron chi connectivity index (χ2n) is 13.8. The molecule has 1 aromatic carbocycles. The van der Waals surface area contributed by atoms with Crippen LogP contribution in [-0.2, 0) is 0 Å². The Morgan fingerprint density at radius 1 is 0.581 bits per heavy atom. The smallest absolute Gasteiger partial charge is 0.347 e. The van der Waals surface area contributed by atoms with E-state index in [1.54, 1.807) is 0 Å². The molecule has 0 saturated carbocycles. The predicted molar refractivity (Wildman–Crippen MR) is 138 cm³/mol.